The number of carbonyl (C=O) groups is 1. The first kappa shape index (κ1) is 13.9. The molecule has 0 radical (unpaired) electrons. The van der Waals surface area contributed by atoms with Crippen LogP contribution in [0.25, 0.3) is 0 Å². The first-order valence-corrected chi connectivity index (χ1v) is 6.62. The molecule has 0 N–H and O–H groups in total. The minimum Gasteiger partial charge on any atom is -0.428 e. The summed E-state index contributed by atoms with van der Waals surface area (Å²) in [6.45, 7) is 0.560. The lowest BCUT2D eigenvalue weighted by molar-refractivity contribution is 0.112. The van der Waals surface area contributed by atoms with Crippen molar-refractivity contribution in [1.29, 1.82) is 0 Å². The van der Waals surface area contributed by atoms with E-state index in [-0.39, 0.29) is 0 Å². The van der Waals surface area contributed by atoms with Gasteiger partial charge in [0.1, 0.15) is 17.9 Å². The second kappa shape index (κ2) is 6.60. The highest BCUT2D eigenvalue weighted by Gasteiger charge is 2.09. The number of carbonyl (C=O) groups excluding carboxylic acids is 1. The van der Waals surface area contributed by atoms with Crippen molar-refractivity contribution in [2.45, 2.75) is 6.42 Å². The van der Waals surface area contributed by atoms with E-state index in [0.29, 0.717) is 40.4 Å². The molecule has 7 heteroatoms. The second-order valence-corrected chi connectivity index (χ2v) is 4.75. The Morgan fingerprint density at radius 3 is 3.00 bits per heavy atom. The minimum atomic E-state index is 0.359. The first-order chi connectivity index (χ1) is 9.22. The topological polar surface area (TPSA) is 61.3 Å². The van der Waals surface area contributed by atoms with Crippen LogP contribution < -0.4 is 4.74 Å². The van der Waals surface area contributed by atoms with Gasteiger partial charge in [0.25, 0.3) is 5.19 Å². The van der Waals surface area contributed by atoms with Crippen molar-refractivity contribution in [3.63, 3.8) is 0 Å². The summed E-state index contributed by atoms with van der Waals surface area (Å²) in [5.74, 6) is 1.11. The molecule has 1 aromatic carbocycles. The highest BCUT2D eigenvalue weighted by molar-refractivity contribution is 7.07. The third kappa shape index (κ3) is 3.73. The van der Waals surface area contributed by atoms with E-state index in [2.05, 4.69) is 9.36 Å². The van der Waals surface area contributed by atoms with Gasteiger partial charge in [-0.15, -0.1) is 0 Å². The van der Waals surface area contributed by atoms with Crippen LogP contribution >= 0.6 is 23.1 Å². The third-order valence-corrected chi connectivity index (χ3v) is 3.20. The fraction of sp³-hybridized carbons (Fsp3) is 0.250. The van der Waals surface area contributed by atoms with Crippen LogP contribution in [0.1, 0.15) is 16.2 Å². The molecule has 5 nitrogen and oxygen atoms in total. The van der Waals surface area contributed by atoms with Crippen molar-refractivity contribution in [3.8, 4) is 10.9 Å². The van der Waals surface area contributed by atoms with E-state index in [4.69, 9.17) is 21.1 Å². The van der Waals surface area contributed by atoms with Gasteiger partial charge in [-0.3, -0.25) is 4.79 Å². The van der Waals surface area contributed by atoms with Crippen LogP contribution in [-0.2, 0) is 11.2 Å². The van der Waals surface area contributed by atoms with Crippen molar-refractivity contribution in [3.05, 3.63) is 34.6 Å². The monoisotopic (exact) mass is 298 g/mol. The van der Waals surface area contributed by atoms with E-state index in [1.165, 1.54) is 6.07 Å². The quantitative estimate of drug-likeness (QED) is 0.767. The zero-order valence-corrected chi connectivity index (χ0v) is 11.7. The predicted molar refractivity (Wildman–Crippen MR) is 72.4 cm³/mol. The summed E-state index contributed by atoms with van der Waals surface area (Å²) < 4.78 is 14.6. The van der Waals surface area contributed by atoms with Gasteiger partial charge < -0.3 is 9.47 Å². The Morgan fingerprint density at radius 1 is 1.47 bits per heavy atom. The van der Waals surface area contributed by atoms with Gasteiger partial charge in [-0.25, -0.2) is 0 Å². The van der Waals surface area contributed by atoms with Crippen LogP contribution in [0.4, 0.5) is 0 Å². The van der Waals surface area contributed by atoms with Crippen LogP contribution in [0.3, 0.4) is 0 Å². The van der Waals surface area contributed by atoms with E-state index in [9.17, 15) is 4.79 Å². The molecule has 19 heavy (non-hydrogen) atoms. The number of hydrogen-bond donors (Lipinski definition) is 0. The summed E-state index contributed by atoms with van der Waals surface area (Å²) in [6.07, 6.45) is 1.36. The molecule has 0 bridgehead atoms. The van der Waals surface area contributed by atoms with E-state index in [1.54, 1.807) is 19.2 Å². The van der Waals surface area contributed by atoms with Gasteiger partial charge in [-0.1, -0.05) is 11.6 Å². The molecule has 0 aliphatic heterocycles. The number of nitrogens with zero attached hydrogens (tertiary/aromatic N) is 2. The normalized spacial score (nSPS) is 10.4. The Labute approximate surface area is 119 Å². The number of methoxy groups -OCH3 is 1. The first-order valence-electron chi connectivity index (χ1n) is 5.47. The van der Waals surface area contributed by atoms with Gasteiger partial charge in [0, 0.05) is 30.6 Å². The Bertz CT molecular complexity index is 574. The lowest BCUT2D eigenvalue weighted by Crippen LogP contribution is -1.96. The van der Waals surface area contributed by atoms with E-state index >= 15 is 0 Å². The lowest BCUT2D eigenvalue weighted by atomic mass is 10.2. The maximum atomic E-state index is 10.6. The number of halogens is 1. The molecule has 2 rings (SSSR count). The number of benzene rings is 1. The zero-order chi connectivity index (χ0) is 13.7. The van der Waals surface area contributed by atoms with Gasteiger partial charge >= 0.3 is 0 Å². The van der Waals surface area contributed by atoms with Crippen molar-refractivity contribution in [2.24, 2.45) is 0 Å². The predicted octanol–water partition coefficient (Wildman–Crippen LogP) is 2.99. The average Bonchev–Trinajstić information content (AvgIpc) is 2.86. The summed E-state index contributed by atoms with van der Waals surface area (Å²) >= 11 is 7.15. The number of ether oxygens (including phenoxy) is 2. The number of hydrogen-bond acceptors (Lipinski definition) is 6. The SMILES string of the molecule is COCCc1nsc(Oc2ccc(C=O)cc2Cl)n1. The standard InChI is InChI=1S/C12H11ClN2O3S/c1-17-5-4-11-14-12(19-15-11)18-10-3-2-8(7-16)6-9(10)13/h2-3,6-7H,4-5H2,1H3. The molecule has 100 valence electrons. The van der Waals surface area contributed by atoms with Gasteiger partial charge in [0.05, 0.1) is 11.6 Å². The van der Waals surface area contributed by atoms with Crippen LogP contribution in [0.2, 0.25) is 5.02 Å². The Kier molecular flexibility index (Phi) is 4.84. The molecule has 0 saturated heterocycles. The third-order valence-electron chi connectivity index (χ3n) is 2.27. The molecule has 0 saturated carbocycles. The van der Waals surface area contributed by atoms with Gasteiger partial charge in [0.2, 0.25) is 0 Å². The summed E-state index contributed by atoms with van der Waals surface area (Å²) in [5, 5.41) is 0.769. The maximum Gasteiger partial charge on any atom is 0.298 e. The van der Waals surface area contributed by atoms with Crippen LogP contribution in [-0.4, -0.2) is 29.4 Å². The molecular formula is C12H11ClN2O3S. The summed E-state index contributed by atoms with van der Waals surface area (Å²) in [5.41, 5.74) is 0.496. The molecule has 2 aromatic rings. The van der Waals surface area contributed by atoms with E-state index in [0.717, 1.165) is 17.8 Å². The smallest absolute Gasteiger partial charge is 0.298 e. The van der Waals surface area contributed by atoms with Crippen molar-refractivity contribution < 1.29 is 14.3 Å². The minimum absolute atomic E-state index is 0.359. The van der Waals surface area contributed by atoms with E-state index < -0.39 is 0 Å². The number of aldehydes is 1. The molecule has 0 aliphatic carbocycles. The van der Waals surface area contributed by atoms with Gasteiger partial charge in [0.15, 0.2) is 0 Å². The summed E-state index contributed by atoms with van der Waals surface area (Å²) in [7, 11) is 1.62. The number of rotatable bonds is 6. The molecule has 0 amide bonds. The van der Waals surface area contributed by atoms with Crippen LogP contribution in [0.5, 0.6) is 10.9 Å². The maximum absolute atomic E-state index is 10.6. The van der Waals surface area contributed by atoms with Crippen molar-refractivity contribution >= 4 is 29.4 Å². The highest BCUT2D eigenvalue weighted by atomic mass is 35.5. The van der Waals surface area contributed by atoms with E-state index in [1.807, 2.05) is 0 Å². The molecule has 1 heterocycles. The largest absolute Gasteiger partial charge is 0.428 e. The lowest BCUT2D eigenvalue weighted by Gasteiger charge is -2.03. The molecular weight excluding hydrogens is 288 g/mol. The average molecular weight is 299 g/mol. The Hall–Kier alpha value is -1.50. The summed E-state index contributed by atoms with van der Waals surface area (Å²) in [4.78, 5) is 14.8. The van der Waals surface area contributed by atoms with Crippen LogP contribution in [0, 0.1) is 0 Å². The highest BCUT2D eigenvalue weighted by Crippen LogP contribution is 2.30. The Balaban J connectivity index is 2.08. The molecule has 0 atom stereocenters. The van der Waals surface area contributed by atoms with Gasteiger partial charge in [-0.2, -0.15) is 9.36 Å². The number of aromatic nitrogens is 2. The van der Waals surface area contributed by atoms with Crippen molar-refractivity contribution in [1.82, 2.24) is 9.36 Å². The molecule has 0 unspecified atom stereocenters. The molecule has 0 aliphatic rings. The second-order valence-electron chi connectivity index (χ2n) is 3.63. The fourth-order valence-corrected chi connectivity index (χ4v) is 2.16. The van der Waals surface area contributed by atoms with Crippen molar-refractivity contribution in [2.75, 3.05) is 13.7 Å². The zero-order valence-electron chi connectivity index (χ0n) is 10.1. The van der Waals surface area contributed by atoms with Crippen LogP contribution in [0.15, 0.2) is 18.2 Å². The Morgan fingerprint density at radius 2 is 2.32 bits per heavy atom. The molecule has 0 fully saturated rings. The summed E-state index contributed by atoms with van der Waals surface area (Å²) in [6, 6.07) is 4.79. The molecule has 1 aromatic heterocycles. The van der Waals surface area contributed by atoms with Gasteiger partial charge in [-0.05, 0) is 18.2 Å². The fourth-order valence-electron chi connectivity index (χ4n) is 1.34. The molecule has 0 spiro atoms.